The Morgan fingerprint density at radius 2 is 1.57 bits per heavy atom. The van der Waals surface area contributed by atoms with E-state index in [9.17, 15) is 0 Å². The fourth-order valence-corrected chi connectivity index (χ4v) is 4.12. The van der Waals surface area contributed by atoms with Gasteiger partial charge in [0.05, 0.1) is 0 Å². The van der Waals surface area contributed by atoms with Gasteiger partial charge in [-0.2, -0.15) is 6.07 Å². The summed E-state index contributed by atoms with van der Waals surface area (Å²) in [5.41, 5.74) is 5.70. The third-order valence-corrected chi connectivity index (χ3v) is 5.52. The van der Waals surface area contributed by atoms with Crippen molar-refractivity contribution in [2.24, 2.45) is 0 Å². The molecule has 0 aliphatic heterocycles. The summed E-state index contributed by atoms with van der Waals surface area (Å²) in [6, 6.07) is 20.8. The summed E-state index contributed by atoms with van der Waals surface area (Å²) in [7, 11) is -0.880. The molecule has 2 radical (unpaired) electrons. The smallest absolute Gasteiger partial charge is 1.00 e. The van der Waals surface area contributed by atoms with E-state index in [4.69, 9.17) is 4.80 Å². The van der Waals surface area contributed by atoms with Crippen LogP contribution in [0.5, 0.6) is 0 Å². The molecule has 160 valence electrons. The van der Waals surface area contributed by atoms with Crippen molar-refractivity contribution in [3.63, 3.8) is 0 Å². The van der Waals surface area contributed by atoms with Crippen LogP contribution >= 0.6 is 0 Å². The molecule has 1 aliphatic carbocycles. The number of halogens is 2. The minimum atomic E-state index is -0.880. The molecule has 30 heavy (non-hydrogen) atoms. The molecule has 1 nitrogen and oxygen atoms in total. The largest absolute Gasteiger partial charge is 3.00 e. The maximum absolute atomic E-state index is 8.16. The number of rotatable bonds is 3. The molecule has 0 amide bonds. The summed E-state index contributed by atoms with van der Waals surface area (Å²) in [4.78, 5) is 8.16. The molecule has 1 aliphatic rings. The number of benzene rings is 2. The van der Waals surface area contributed by atoms with Gasteiger partial charge < -0.3 is 29.6 Å². The molecule has 0 unspecified atom stereocenters. The maximum atomic E-state index is 8.16. The van der Waals surface area contributed by atoms with Crippen molar-refractivity contribution >= 4 is 19.8 Å². The molecule has 0 spiro atoms. The van der Waals surface area contributed by atoms with E-state index < -0.39 is 9.04 Å². The second kappa shape index (κ2) is 14.7. The van der Waals surface area contributed by atoms with Crippen LogP contribution < -0.4 is 24.8 Å². The molecule has 3 aromatic carbocycles. The zero-order chi connectivity index (χ0) is 19.2. The van der Waals surface area contributed by atoms with Crippen LogP contribution in [-0.2, 0) is 32.6 Å². The Morgan fingerprint density at radius 3 is 2.13 bits per heavy atom. The minimum Gasteiger partial charge on any atom is -1.00 e. The first kappa shape index (κ1) is 29.7. The predicted molar refractivity (Wildman–Crippen MR) is 120 cm³/mol. The van der Waals surface area contributed by atoms with E-state index in [1.165, 1.54) is 65.1 Å². The van der Waals surface area contributed by atoms with E-state index in [0.717, 1.165) is 12.3 Å². The van der Waals surface area contributed by atoms with Crippen LogP contribution in [-0.4, -0.2) is 13.8 Å². The van der Waals surface area contributed by atoms with Gasteiger partial charge in [0.1, 0.15) is 0 Å². The molecule has 1 N–H and O–H groups in total. The first-order valence-corrected chi connectivity index (χ1v) is 12.8. The minimum absolute atomic E-state index is 0. The van der Waals surface area contributed by atoms with Crippen LogP contribution in [0.15, 0.2) is 54.6 Å². The first-order valence-electron chi connectivity index (χ1n) is 10.4. The SMILES string of the molecule is CCc1cc2c(-c3ccc(C4CCCCC4)cc3)cccc2[cH-]1.C[Si](C)O.[Cl-].[Cl-].[Zr+3]. The molecule has 0 saturated heterocycles. The molecule has 0 bridgehead atoms. The standard InChI is InChI=1S/C23H25.C2H7OSi.2ClH.Zr/c1-2-17-15-21-9-6-10-22(23(21)16-17)20-13-11-19(12-14-20)18-7-4-3-5-8-18;1-4(2)3;;;/h6,9-16,18H,2-5,7-8H2,1H3;3H,1-2H3;2*1H;/q-1;;;;+3/p-2. The molecular formula is C25H32Cl2OSiZr. The molecule has 1 fully saturated rings. The fraction of sp³-hybridized carbons (Fsp3) is 0.400. The summed E-state index contributed by atoms with van der Waals surface area (Å²) < 4.78 is 0. The van der Waals surface area contributed by atoms with Gasteiger partial charge in [0, 0.05) is 0 Å². The molecule has 0 aromatic heterocycles. The van der Waals surface area contributed by atoms with E-state index in [2.05, 4.69) is 61.5 Å². The summed E-state index contributed by atoms with van der Waals surface area (Å²) in [5.74, 6) is 0.791. The second-order valence-corrected chi connectivity index (χ2v) is 9.82. The number of fused-ring (bicyclic) bond motifs is 1. The summed E-state index contributed by atoms with van der Waals surface area (Å²) in [6.07, 6.45) is 8.08. The monoisotopic (exact) mass is 536 g/mol. The molecule has 3 aromatic rings. The van der Waals surface area contributed by atoms with E-state index in [1.54, 1.807) is 0 Å². The molecule has 1 saturated carbocycles. The fourth-order valence-electron chi connectivity index (χ4n) is 4.12. The van der Waals surface area contributed by atoms with Crippen LogP contribution in [0.4, 0.5) is 0 Å². The van der Waals surface area contributed by atoms with E-state index in [-0.39, 0.29) is 51.0 Å². The molecule has 0 atom stereocenters. The van der Waals surface area contributed by atoms with E-state index in [0.29, 0.717) is 0 Å². The number of hydrogen-bond donors (Lipinski definition) is 1. The van der Waals surface area contributed by atoms with Gasteiger partial charge in [-0.15, -0.1) is 34.5 Å². The topological polar surface area (TPSA) is 20.2 Å². The summed E-state index contributed by atoms with van der Waals surface area (Å²) >= 11 is 0. The zero-order valence-electron chi connectivity index (χ0n) is 18.2. The van der Waals surface area contributed by atoms with Crippen LogP contribution in [0.25, 0.3) is 21.9 Å². The molecular weight excluding hydrogens is 506 g/mol. The third-order valence-electron chi connectivity index (χ3n) is 5.52. The summed E-state index contributed by atoms with van der Waals surface area (Å²) in [6.45, 7) is 5.88. The number of hydrogen-bond acceptors (Lipinski definition) is 1. The van der Waals surface area contributed by atoms with Gasteiger partial charge in [0.15, 0.2) is 9.04 Å². The zero-order valence-corrected chi connectivity index (χ0v) is 23.2. The van der Waals surface area contributed by atoms with Crippen molar-refractivity contribution in [3.05, 3.63) is 65.7 Å². The Balaban J connectivity index is 0.00000111. The van der Waals surface area contributed by atoms with Crippen LogP contribution in [0.2, 0.25) is 13.1 Å². The average Bonchev–Trinajstić information content (AvgIpc) is 3.12. The van der Waals surface area contributed by atoms with Crippen molar-refractivity contribution in [2.75, 3.05) is 0 Å². The third kappa shape index (κ3) is 7.99. The Kier molecular flexibility index (Phi) is 14.5. The molecule has 0 heterocycles. The Morgan fingerprint density at radius 1 is 0.967 bits per heavy atom. The van der Waals surface area contributed by atoms with Crippen molar-refractivity contribution < 1.29 is 55.8 Å². The van der Waals surface area contributed by atoms with Crippen molar-refractivity contribution in [2.45, 2.75) is 64.5 Å². The summed E-state index contributed by atoms with van der Waals surface area (Å²) in [5, 5.41) is 2.77. The van der Waals surface area contributed by atoms with Gasteiger partial charge in [0.2, 0.25) is 0 Å². The van der Waals surface area contributed by atoms with Crippen molar-refractivity contribution in [3.8, 4) is 11.1 Å². The van der Waals surface area contributed by atoms with Gasteiger partial charge >= 0.3 is 26.2 Å². The average molecular weight is 539 g/mol. The maximum Gasteiger partial charge on any atom is 3.00 e. The normalized spacial score (nSPS) is 13.5. The number of aryl methyl sites for hydroxylation is 1. The quantitative estimate of drug-likeness (QED) is 0.391. The second-order valence-electron chi connectivity index (χ2n) is 7.93. The van der Waals surface area contributed by atoms with Crippen LogP contribution in [0.3, 0.4) is 0 Å². The van der Waals surface area contributed by atoms with Gasteiger partial charge in [-0.1, -0.05) is 62.1 Å². The van der Waals surface area contributed by atoms with Crippen LogP contribution in [0.1, 0.15) is 56.1 Å². The van der Waals surface area contributed by atoms with Gasteiger partial charge in [-0.05, 0) is 49.4 Å². The van der Waals surface area contributed by atoms with Crippen LogP contribution in [0, 0.1) is 0 Å². The van der Waals surface area contributed by atoms with Gasteiger partial charge in [0.25, 0.3) is 0 Å². The van der Waals surface area contributed by atoms with Crippen molar-refractivity contribution in [1.82, 2.24) is 0 Å². The van der Waals surface area contributed by atoms with E-state index in [1.807, 2.05) is 13.1 Å². The predicted octanol–water partition coefficient (Wildman–Crippen LogP) is 1.07. The first-order chi connectivity index (χ1) is 13.1. The Hall–Kier alpha value is -0.310. The van der Waals surface area contributed by atoms with E-state index >= 15 is 0 Å². The van der Waals surface area contributed by atoms with Gasteiger partial charge in [-0.25, -0.2) is 0 Å². The Labute approximate surface area is 215 Å². The van der Waals surface area contributed by atoms with Crippen molar-refractivity contribution in [1.29, 1.82) is 0 Å². The Bertz CT molecular complexity index is 852. The molecule has 4 rings (SSSR count). The molecule has 5 heteroatoms. The van der Waals surface area contributed by atoms with Gasteiger partial charge in [-0.3, -0.25) is 0 Å².